The van der Waals surface area contributed by atoms with Crippen molar-refractivity contribution in [1.29, 1.82) is 0 Å². The summed E-state index contributed by atoms with van der Waals surface area (Å²) in [7, 11) is 1.67. The van der Waals surface area contributed by atoms with Gasteiger partial charge in [-0.2, -0.15) is 9.90 Å². The van der Waals surface area contributed by atoms with Gasteiger partial charge >= 0.3 is 6.09 Å². The Bertz CT molecular complexity index is 401. The van der Waals surface area contributed by atoms with Gasteiger partial charge in [0, 0.05) is 7.05 Å². The molecule has 1 amide bonds. The van der Waals surface area contributed by atoms with Crippen molar-refractivity contribution in [1.82, 2.24) is 20.3 Å². The number of aromatic nitrogens is 3. The molecule has 0 radical (unpaired) electrons. The van der Waals surface area contributed by atoms with Crippen LogP contribution in [0.4, 0.5) is 4.79 Å². The number of rotatable bonds is 2. The van der Waals surface area contributed by atoms with Gasteiger partial charge in [0.1, 0.15) is 11.2 Å². The van der Waals surface area contributed by atoms with E-state index in [1.807, 2.05) is 0 Å². The molecule has 2 heterocycles. The van der Waals surface area contributed by atoms with Crippen LogP contribution in [0.25, 0.3) is 0 Å². The first kappa shape index (κ1) is 10.4. The van der Waals surface area contributed by atoms with E-state index in [4.69, 9.17) is 9.84 Å². The molecule has 8 heteroatoms. The van der Waals surface area contributed by atoms with Crippen molar-refractivity contribution >= 4 is 22.0 Å². The van der Waals surface area contributed by atoms with E-state index in [0.29, 0.717) is 10.3 Å². The van der Waals surface area contributed by atoms with Crippen LogP contribution in [0.15, 0.2) is 4.60 Å². The summed E-state index contributed by atoms with van der Waals surface area (Å²) < 4.78 is 5.56. The summed E-state index contributed by atoms with van der Waals surface area (Å²) in [5, 5.41) is 19.3. The molecular formula is C7H9BrN4O3. The maximum Gasteiger partial charge on any atom is 0.405 e. The Balaban J connectivity index is 2.33. The van der Waals surface area contributed by atoms with Crippen molar-refractivity contribution in [2.75, 3.05) is 13.2 Å². The fourth-order valence-corrected chi connectivity index (χ4v) is 2.14. The third kappa shape index (κ3) is 1.70. The Labute approximate surface area is 93.5 Å². The Morgan fingerprint density at radius 3 is 2.67 bits per heavy atom. The molecule has 82 valence electrons. The SMILES string of the molecule is Cn1nc(Br)c(C2(NC(=O)O)COC2)n1. The lowest BCUT2D eigenvalue weighted by molar-refractivity contribution is -0.0770. The van der Waals surface area contributed by atoms with E-state index in [0.717, 1.165) is 0 Å². The van der Waals surface area contributed by atoms with Gasteiger partial charge in [0.15, 0.2) is 4.60 Å². The summed E-state index contributed by atoms with van der Waals surface area (Å²) in [6, 6.07) is 0. The lowest BCUT2D eigenvalue weighted by Gasteiger charge is -2.39. The summed E-state index contributed by atoms with van der Waals surface area (Å²) in [6.07, 6.45) is -1.10. The summed E-state index contributed by atoms with van der Waals surface area (Å²) in [5.41, 5.74) is -0.211. The number of halogens is 1. The standard InChI is InChI=1S/C7H9BrN4O3/c1-12-10-4(5(8)11-12)7(2-15-3-7)9-6(13)14/h9H,2-3H2,1H3,(H,13,14). The van der Waals surface area contributed by atoms with Gasteiger partial charge in [0.2, 0.25) is 0 Å². The second-order valence-corrected chi connectivity index (χ2v) is 4.09. The van der Waals surface area contributed by atoms with Crippen LogP contribution in [0.3, 0.4) is 0 Å². The van der Waals surface area contributed by atoms with Crippen LogP contribution < -0.4 is 5.32 Å². The van der Waals surface area contributed by atoms with Crippen molar-refractivity contribution in [2.45, 2.75) is 5.54 Å². The minimum absolute atomic E-state index is 0.274. The predicted molar refractivity (Wildman–Crippen MR) is 52.4 cm³/mol. The number of hydrogen-bond acceptors (Lipinski definition) is 4. The Morgan fingerprint density at radius 1 is 1.67 bits per heavy atom. The first-order valence-electron chi connectivity index (χ1n) is 4.20. The smallest absolute Gasteiger partial charge is 0.405 e. The molecule has 1 fully saturated rings. The molecule has 0 aliphatic carbocycles. The normalized spacial score (nSPS) is 18.3. The van der Waals surface area contributed by atoms with Gasteiger partial charge in [-0.25, -0.2) is 4.79 Å². The number of carboxylic acid groups (broad SMARTS) is 1. The van der Waals surface area contributed by atoms with Crippen LogP contribution in [0.5, 0.6) is 0 Å². The van der Waals surface area contributed by atoms with Gasteiger partial charge < -0.3 is 15.2 Å². The van der Waals surface area contributed by atoms with Gasteiger partial charge in [-0.3, -0.25) is 0 Å². The molecule has 1 saturated heterocycles. The number of hydrogen-bond donors (Lipinski definition) is 2. The van der Waals surface area contributed by atoms with Crippen LogP contribution in [0.1, 0.15) is 5.69 Å². The monoisotopic (exact) mass is 276 g/mol. The molecule has 15 heavy (non-hydrogen) atoms. The number of amides is 1. The van der Waals surface area contributed by atoms with Crippen LogP contribution in [0, 0.1) is 0 Å². The topological polar surface area (TPSA) is 89.3 Å². The van der Waals surface area contributed by atoms with E-state index in [1.54, 1.807) is 7.05 Å². The number of nitrogens with zero attached hydrogens (tertiary/aromatic N) is 3. The van der Waals surface area contributed by atoms with Crippen molar-refractivity contribution in [3.05, 3.63) is 10.3 Å². The van der Waals surface area contributed by atoms with Gasteiger partial charge in [0.05, 0.1) is 13.2 Å². The van der Waals surface area contributed by atoms with Crippen molar-refractivity contribution < 1.29 is 14.6 Å². The molecule has 1 aromatic heterocycles. The number of ether oxygens (including phenoxy) is 1. The Morgan fingerprint density at radius 2 is 2.33 bits per heavy atom. The molecule has 0 spiro atoms. The van der Waals surface area contributed by atoms with Gasteiger partial charge in [-0.1, -0.05) is 0 Å². The highest BCUT2D eigenvalue weighted by atomic mass is 79.9. The zero-order valence-corrected chi connectivity index (χ0v) is 9.48. The van der Waals surface area contributed by atoms with E-state index >= 15 is 0 Å². The zero-order valence-electron chi connectivity index (χ0n) is 7.90. The second-order valence-electron chi connectivity index (χ2n) is 3.33. The number of carbonyl (C=O) groups is 1. The van der Waals surface area contributed by atoms with Crippen LogP contribution >= 0.6 is 15.9 Å². The third-order valence-electron chi connectivity index (χ3n) is 2.17. The van der Waals surface area contributed by atoms with Crippen LogP contribution in [-0.2, 0) is 17.3 Å². The zero-order chi connectivity index (χ0) is 11.1. The van der Waals surface area contributed by atoms with Crippen molar-refractivity contribution in [3.63, 3.8) is 0 Å². The molecule has 2 rings (SSSR count). The van der Waals surface area contributed by atoms with Gasteiger partial charge in [0.25, 0.3) is 0 Å². The average molecular weight is 277 g/mol. The largest absolute Gasteiger partial charge is 0.465 e. The van der Waals surface area contributed by atoms with E-state index in [1.165, 1.54) is 4.80 Å². The van der Waals surface area contributed by atoms with Crippen LogP contribution in [-0.4, -0.2) is 39.4 Å². The fraction of sp³-hybridized carbons (Fsp3) is 0.571. The van der Waals surface area contributed by atoms with Gasteiger partial charge in [-0.15, -0.1) is 5.10 Å². The lowest BCUT2D eigenvalue weighted by atomic mass is 9.94. The molecular weight excluding hydrogens is 268 g/mol. The van der Waals surface area contributed by atoms with E-state index in [9.17, 15) is 4.79 Å². The van der Waals surface area contributed by atoms with Gasteiger partial charge in [-0.05, 0) is 15.9 Å². The van der Waals surface area contributed by atoms with E-state index in [2.05, 4.69) is 31.4 Å². The van der Waals surface area contributed by atoms with E-state index < -0.39 is 11.6 Å². The fourth-order valence-electron chi connectivity index (χ4n) is 1.45. The lowest BCUT2D eigenvalue weighted by Crippen LogP contribution is -2.59. The summed E-state index contributed by atoms with van der Waals surface area (Å²) in [6.45, 7) is 0.549. The molecule has 0 atom stereocenters. The average Bonchev–Trinajstić information content (AvgIpc) is 2.38. The van der Waals surface area contributed by atoms with Crippen molar-refractivity contribution in [2.24, 2.45) is 7.05 Å². The molecule has 2 N–H and O–H groups in total. The minimum Gasteiger partial charge on any atom is -0.465 e. The quantitative estimate of drug-likeness (QED) is 0.798. The summed E-state index contributed by atoms with van der Waals surface area (Å²) in [4.78, 5) is 12.0. The molecule has 1 aliphatic rings. The third-order valence-corrected chi connectivity index (χ3v) is 2.70. The molecule has 1 aliphatic heterocycles. The minimum atomic E-state index is -1.10. The molecule has 0 saturated carbocycles. The molecule has 7 nitrogen and oxygen atoms in total. The Kier molecular flexibility index (Phi) is 2.39. The predicted octanol–water partition coefficient (Wildman–Crippen LogP) is 0.0707. The van der Waals surface area contributed by atoms with Crippen LogP contribution in [0.2, 0.25) is 0 Å². The molecule has 0 bridgehead atoms. The summed E-state index contributed by atoms with van der Waals surface area (Å²) in [5.74, 6) is 0. The molecule has 0 unspecified atom stereocenters. The van der Waals surface area contributed by atoms with E-state index in [-0.39, 0.29) is 13.2 Å². The second kappa shape index (κ2) is 3.46. The van der Waals surface area contributed by atoms with Crippen molar-refractivity contribution in [3.8, 4) is 0 Å². The highest BCUT2D eigenvalue weighted by Gasteiger charge is 2.46. The first-order valence-corrected chi connectivity index (χ1v) is 4.99. The first-order chi connectivity index (χ1) is 7.03. The number of aryl methyl sites for hydroxylation is 1. The highest BCUT2D eigenvalue weighted by molar-refractivity contribution is 9.10. The summed E-state index contributed by atoms with van der Waals surface area (Å²) >= 11 is 3.23. The maximum atomic E-state index is 10.7. The highest BCUT2D eigenvalue weighted by Crippen LogP contribution is 2.32. The molecule has 0 aromatic carbocycles. The molecule has 1 aromatic rings. The maximum absolute atomic E-state index is 10.7. The Hall–Kier alpha value is -1.15. The number of nitrogens with one attached hydrogen (secondary N) is 1.